The van der Waals surface area contributed by atoms with Crippen LogP contribution in [0, 0.1) is 0 Å². The van der Waals surface area contributed by atoms with Gasteiger partial charge in [-0.15, -0.1) is 0 Å². The third kappa shape index (κ3) is 4.64. The van der Waals surface area contributed by atoms with E-state index in [1.165, 1.54) is 29.5 Å². The molecule has 0 fully saturated rings. The maximum absolute atomic E-state index is 11.5. The van der Waals surface area contributed by atoms with Crippen LogP contribution in [0.1, 0.15) is 29.3 Å². The zero-order chi connectivity index (χ0) is 21.6. The number of carbonyl (C=O) groups is 1. The Morgan fingerprint density at radius 2 is 1.65 bits per heavy atom. The lowest BCUT2D eigenvalue weighted by molar-refractivity contribution is -0.142. The van der Waals surface area contributed by atoms with Crippen molar-refractivity contribution < 1.29 is 14.3 Å². The first-order valence-corrected chi connectivity index (χ1v) is 10.6. The van der Waals surface area contributed by atoms with E-state index in [1.807, 2.05) is 12.1 Å². The van der Waals surface area contributed by atoms with Crippen LogP contribution < -0.4 is 4.74 Å². The number of nitrogens with zero attached hydrogens (tertiary/aromatic N) is 1. The monoisotopic (exact) mass is 413 g/mol. The molecule has 0 bridgehead atoms. The van der Waals surface area contributed by atoms with E-state index in [0.717, 1.165) is 30.3 Å². The highest BCUT2D eigenvalue weighted by Crippen LogP contribution is 2.30. The van der Waals surface area contributed by atoms with Crippen molar-refractivity contribution in [3.05, 3.63) is 101 Å². The molecule has 3 aromatic carbocycles. The van der Waals surface area contributed by atoms with E-state index in [9.17, 15) is 4.79 Å². The first kappa shape index (κ1) is 20.7. The predicted octanol–water partition coefficient (Wildman–Crippen LogP) is 5.39. The normalized spacial score (nSPS) is 10.9. The molecule has 0 spiro atoms. The van der Waals surface area contributed by atoms with E-state index in [1.54, 1.807) is 0 Å². The molecule has 0 radical (unpaired) electrons. The molecule has 0 aliphatic carbocycles. The van der Waals surface area contributed by atoms with E-state index < -0.39 is 0 Å². The molecule has 31 heavy (non-hydrogen) atoms. The van der Waals surface area contributed by atoms with Gasteiger partial charge in [0.1, 0.15) is 5.75 Å². The summed E-state index contributed by atoms with van der Waals surface area (Å²) in [4.78, 5) is 11.5. The zero-order valence-corrected chi connectivity index (χ0v) is 18.0. The van der Waals surface area contributed by atoms with Crippen LogP contribution in [0.4, 0.5) is 0 Å². The van der Waals surface area contributed by atoms with Crippen molar-refractivity contribution in [1.29, 1.82) is 0 Å². The van der Waals surface area contributed by atoms with Gasteiger partial charge in [-0.25, -0.2) is 4.79 Å². The number of benzene rings is 3. The highest BCUT2D eigenvalue weighted by Gasteiger charge is 2.14. The van der Waals surface area contributed by atoms with Gasteiger partial charge in [-0.05, 0) is 47.7 Å². The number of esters is 1. The highest BCUT2D eigenvalue weighted by atomic mass is 16.6. The Kier molecular flexibility index (Phi) is 6.37. The van der Waals surface area contributed by atoms with Crippen molar-refractivity contribution in [2.75, 3.05) is 13.7 Å². The van der Waals surface area contributed by atoms with E-state index in [-0.39, 0.29) is 12.6 Å². The van der Waals surface area contributed by atoms with Gasteiger partial charge in [0.25, 0.3) is 0 Å². The van der Waals surface area contributed by atoms with Crippen LogP contribution in [-0.2, 0) is 28.9 Å². The summed E-state index contributed by atoms with van der Waals surface area (Å²) >= 11 is 0. The number of hydrogen-bond donors (Lipinski definition) is 0. The summed E-state index contributed by atoms with van der Waals surface area (Å²) < 4.78 is 12.8. The van der Waals surface area contributed by atoms with Gasteiger partial charge in [-0.3, -0.25) is 0 Å². The third-order valence-electron chi connectivity index (χ3n) is 5.61. The van der Waals surface area contributed by atoms with E-state index >= 15 is 0 Å². The Bertz CT molecular complexity index is 1180. The molecule has 0 unspecified atom stereocenters. The van der Waals surface area contributed by atoms with Crippen LogP contribution in [0.15, 0.2) is 78.9 Å². The van der Waals surface area contributed by atoms with Crippen molar-refractivity contribution in [2.24, 2.45) is 0 Å². The molecule has 1 heterocycles. The molecule has 0 saturated carbocycles. The summed E-state index contributed by atoms with van der Waals surface area (Å²) in [5.74, 6) is 0.316. The van der Waals surface area contributed by atoms with Gasteiger partial charge in [0.15, 0.2) is 6.61 Å². The Hall–Kier alpha value is -3.53. The van der Waals surface area contributed by atoms with Crippen molar-refractivity contribution >= 4 is 16.9 Å². The number of ether oxygens (including phenoxy) is 2. The highest BCUT2D eigenvalue weighted by molar-refractivity contribution is 5.88. The van der Waals surface area contributed by atoms with Crippen LogP contribution in [0.5, 0.6) is 5.75 Å². The molecule has 0 atom stereocenters. The second-order valence-corrected chi connectivity index (χ2v) is 7.56. The minimum Gasteiger partial charge on any atom is -0.481 e. The molecule has 0 aliphatic heterocycles. The maximum Gasteiger partial charge on any atom is 0.343 e. The maximum atomic E-state index is 11.5. The number of rotatable bonds is 8. The molecule has 1 aromatic heterocycles. The fraction of sp³-hybridized carbons (Fsp3) is 0.222. The summed E-state index contributed by atoms with van der Waals surface area (Å²) in [6.07, 6.45) is 1.82. The molecular formula is C27H27NO3. The lowest BCUT2D eigenvalue weighted by Gasteiger charge is -2.14. The molecule has 4 nitrogen and oxygen atoms in total. The van der Waals surface area contributed by atoms with Crippen molar-refractivity contribution in [1.82, 2.24) is 4.57 Å². The average Bonchev–Trinajstić information content (AvgIpc) is 3.17. The van der Waals surface area contributed by atoms with Gasteiger partial charge < -0.3 is 14.0 Å². The Morgan fingerprint density at radius 1 is 0.903 bits per heavy atom. The van der Waals surface area contributed by atoms with Gasteiger partial charge in [-0.2, -0.15) is 0 Å². The van der Waals surface area contributed by atoms with Crippen molar-refractivity contribution in [3.8, 4) is 5.75 Å². The quantitative estimate of drug-likeness (QED) is 0.364. The third-order valence-corrected chi connectivity index (χ3v) is 5.61. The number of carbonyl (C=O) groups excluding carboxylic acids is 1. The SMILES string of the molecule is CCc1cc2c(OCC(=O)OC)cccc2n1Cc1ccccc1Cc1ccccc1. The number of hydrogen-bond acceptors (Lipinski definition) is 3. The molecule has 4 heteroatoms. The van der Waals surface area contributed by atoms with Gasteiger partial charge in [0.2, 0.25) is 0 Å². The lowest BCUT2D eigenvalue weighted by atomic mass is 9.99. The van der Waals surface area contributed by atoms with Crippen LogP contribution in [0.3, 0.4) is 0 Å². The lowest BCUT2D eigenvalue weighted by Crippen LogP contribution is -2.12. The fourth-order valence-corrected chi connectivity index (χ4v) is 3.98. The van der Waals surface area contributed by atoms with E-state index in [0.29, 0.717) is 5.75 Å². The molecule has 0 aliphatic rings. The van der Waals surface area contributed by atoms with Crippen molar-refractivity contribution in [3.63, 3.8) is 0 Å². The van der Waals surface area contributed by atoms with E-state index in [2.05, 4.69) is 78.2 Å². The van der Waals surface area contributed by atoms with Crippen LogP contribution in [0.2, 0.25) is 0 Å². The van der Waals surface area contributed by atoms with Crippen LogP contribution in [-0.4, -0.2) is 24.3 Å². The molecule has 4 rings (SSSR count). The molecular weight excluding hydrogens is 386 g/mol. The number of aryl methyl sites for hydroxylation is 1. The topological polar surface area (TPSA) is 40.5 Å². The summed E-state index contributed by atoms with van der Waals surface area (Å²) in [5, 5.41) is 1.02. The Labute approximate surface area is 183 Å². The van der Waals surface area contributed by atoms with Gasteiger partial charge in [-0.1, -0.05) is 67.6 Å². The van der Waals surface area contributed by atoms with Crippen molar-refractivity contribution in [2.45, 2.75) is 26.3 Å². The minimum absolute atomic E-state index is 0.0951. The summed E-state index contributed by atoms with van der Waals surface area (Å²) in [5.41, 5.74) is 6.28. The Morgan fingerprint density at radius 3 is 2.39 bits per heavy atom. The van der Waals surface area contributed by atoms with Crippen LogP contribution >= 0.6 is 0 Å². The summed E-state index contributed by atoms with van der Waals surface area (Å²) in [6, 6.07) is 27.3. The second-order valence-electron chi connectivity index (χ2n) is 7.56. The summed E-state index contributed by atoms with van der Waals surface area (Å²) in [6.45, 7) is 2.86. The fourth-order valence-electron chi connectivity index (χ4n) is 3.98. The molecule has 0 saturated heterocycles. The average molecular weight is 414 g/mol. The van der Waals surface area contributed by atoms with Gasteiger partial charge in [0.05, 0.1) is 12.6 Å². The number of aromatic nitrogens is 1. The number of methoxy groups -OCH3 is 1. The summed E-state index contributed by atoms with van der Waals surface area (Å²) in [7, 11) is 1.37. The van der Waals surface area contributed by atoms with E-state index in [4.69, 9.17) is 9.47 Å². The largest absolute Gasteiger partial charge is 0.481 e. The number of fused-ring (bicyclic) bond motifs is 1. The molecule has 0 N–H and O–H groups in total. The zero-order valence-electron chi connectivity index (χ0n) is 18.0. The van der Waals surface area contributed by atoms with Gasteiger partial charge in [0, 0.05) is 17.6 Å². The predicted molar refractivity (Wildman–Crippen MR) is 124 cm³/mol. The molecule has 4 aromatic rings. The standard InChI is InChI=1S/C27H27NO3/c1-3-23-17-24-25(14-9-15-26(24)31-19-27(29)30-2)28(23)18-22-13-8-7-12-21(22)16-20-10-5-4-6-11-20/h4-15,17H,3,16,18-19H2,1-2H3. The molecule has 0 amide bonds. The smallest absolute Gasteiger partial charge is 0.343 e. The molecule has 158 valence electrons. The Balaban J connectivity index is 1.68. The second kappa shape index (κ2) is 9.52. The minimum atomic E-state index is -0.387. The first-order chi connectivity index (χ1) is 15.2. The van der Waals surface area contributed by atoms with Gasteiger partial charge >= 0.3 is 5.97 Å². The first-order valence-electron chi connectivity index (χ1n) is 10.6. The van der Waals surface area contributed by atoms with Crippen LogP contribution in [0.25, 0.3) is 10.9 Å².